The van der Waals surface area contributed by atoms with Crippen LogP contribution in [0, 0.1) is 0 Å². The number of benzene rings is 1. The molecule has 0 saturated heterocycles. The largest absolute Gasteiger partial charge is 1.00 e. The second-order valence-electron chi connectivity index (χ2n) is 6.42. The number of hydrogen-bond donors (Lipinski definition) is 0. The van der Waals surface area contributed by atoms with Crippen LogP contribution in [0.4, 0.5) is 0 Å². The average Bonchev–Trinajstić information content (AvgIpc) is 2.53. The van der Waals surface area contributed by atoms with Crippen molar-refractivity contribution >= 4 is 10.1 Å². The Hall–Kier alpha value is -0.0700. The van der Waals surface area contributed by atoms with E-state index in [9.17, 15) is 13.0 Å². The fourth-order valence-corrected chi connectivity index (χ4v) is 2.91. The Balaban J connectivity index is 0.00000576. The molecule has 0 heterocycles. The van der Waals surface area contributed by atoms with Crippen molar-refractivity contribution in [3.05, 3.63) is 29.3 Å². The molecule has 1 aromatic carbocycles. The molecule has 4 nitrogen and oxygen atoms in total. The van der Waals surface area contributed by atoms with Gasteiger partial charge in [0.05, 0.1) is 5.25 Å². The summed E-state index contributed by atoms with van der Waals surface area (Å²) in [6, 6.07) is 5.97. The quantitative estimate of drug-likeness (QED) is 0.314. The third-order valence-electron chi connectivity index (χ3n) is 4.28. The van der Waals surface area contributed by atoms with Gasteiger partial charge < -0.3 is 9.29 Å². The van der Waals surface area contributed by atoms with Gasteiger partial charge in [-0.2, -0.15) is 0 Å². The standard InChI is InChI=1S/C19H32O4S.Na/c1-4-6-8-11-17-12-10-14-19(18(17)13-9-7-5-2)23-15-16(3)24(20,21)22;/h10,12,14,16H,4-9,11,13,15H2,1-3H3,(H,20,21,22);/q;+1/p-1. The summed E-state index contributed by atoms with van der Waals surface area (Å²) in [5, 5.41) is -1.04. The van der Waals surface area contributed by atoms with Crippen molar-refractivity contribution in [2.75, 3.05) is 6.61 Å². The molecular formula is C19H31NaO4S. The van der Waals surface area contributed by atoms with E-state index in [1.165, 1.54) is 30.9 Å². The number of unbranched alkanes of at least 4 members (excludes halogenated alkanes) is 4. The van der Waals surface area contributed by atoms with E-state index in [2.05, 4.69) is 19.9 Å². The molecule has 0 fully saturated rings. The topological polar surface area (TPSA) is 66.4 Å². The third-order valence-corrected chi connectivity index (χ3v) is 5.40. The van der Waals surface area contributed by atoms with Gasteiger partial charge in [0.25, 0.3) is 0 Å². The molecule has 0 bridgehead atoms. The molecule has 0 aliphatic carbocycles. The van der Waals surface area contributed by atoms with Crippen LogP contribution in [0.1, 0.15) is 70.4 Å². The summed E-state index contributed by atoms with van der Waals surface area (Å²) in [6.45, 7) is 5.66. The Kier molecular flexibility index (Phi) is 13.1. The Labute approximate surface area is 175 Å². The molecule has 0 N–H and O–H groups in total. The van der Waals surface area contributed by atoms with Crippen molar-refractivity contribution in [2.45, 2.75) is 77.4 Å². The van der Waals surface area contributed by atoms with Gasteiger partial charge in [-0.05, 0) is 49.8 Å². The molecule has 1 unspecified atom stereocenters. The maximum Gasteiger partial charge on any atom is 1.00 e. The van der Waals surface area contributed by atoms with E-state index in [0.717, 1.165) is 44.3 Å². The SMILES string of the molecule is CCCCCc1cccc(OCC(C)S(=O)(=O)[O-])c1CCCCC.[Na+]. The summed E-state index contributed by atoms with van der Waals surface area (Å²) in [6.07, 6.45) is 8.88. The fraction of sp³-hybridized carbons (Fsp3) is 0.684. The molecule has 1 atom stereocenters. The fourth-order valence-electron chi connectivity index (χ4n) is 2.67. The smallest absolute Gasteiger partial charge is 0.748 e. The third kappa shape index (κ3) is 9.43. The van der Waals surface area contributed by atoms with Crippen LogP contribution in [-0.4, -0.2) is 24.8 Å². The van der Waals surface area contributed by atoms with Gasteiger partial charge in [0.2, 0.25) is 0 Å². The molecule has 1 aromatic rings. The van der Waals surface area contributed by atoms with Gasteiger partial charge >= 0.3 is 29.6 Å². The molecule has 0 aliphatic heterocycles. The Morgan fingerprint density at radius 3 is 2.20 bits per heavy atom. The Morgan fingerprint density at radius 2 is 1.64 bits per heavy atom. The van der Waals surface area contributed by atoms with Crippen LogP contribution < -0.4 is 34.3 Å². The Morgan fingerprint density at radius 1 is 1.04 bits per heavy atom. The van der Waals surface area contributed by atoms with Crippen LogP contribution in [0.15, 0.2) is 18.2 Å². The minimum atomic E-state index is -4.31. The maximum atomic E-state index is 11.1. The molecule has 0 radical (unpaired) electrons. The van der Waals surface area contributed by atoms with Crippen LogP contribution in [0.3, 0.4) is 0 Å². The van der Waals surface area contributed by atoms with Crippen LogP contribution in [0.2, 0.25) is 0 Å². The first-order valence-corrected chi connectivity index (χ1v) is 10.6. The summed E-state index contributed by atoms with van der Waals surface area (Å²) < 4.78 is 38.9. The second kappa shape index (κ2) is 13.2. The number of rotatable bonds is 12. The Bertz CT molecular complexity index is 587. The van der Waals surface area contributed by atoms with Gasteiger partial charge in [0, 0.05) is 0 Å². The average molecular weight is 379 g/mol. The van der Waals surface area contributed by atoms with Crippen molar-refractivity contribution < 1.29 is 47.3 Å². The molecule has 0 aromatic heterocycles. The van der Waals surface area contributed by atoms with Gasteiger partial charge in [-0.15, -0.1) is 0 Å². The van der Waals surface area contributed by atoms with Gasteiger partial charge in [0.1, 0.15) is 22.5 Å². The summed E-state index contributed by atoms with van der Waals surface area (Å²) in [5.41, 5.74) is 2.47. The van der Waals surface area contributed by atoms with Crippen molar-refractivity contribution in [2.24, 2.45) is 0 Å². The van der Waals surface area contributed by atoms with Crippen molar-refractivity contribution in [1.29, 1.82) is 0 Å². The van der Waals surface area contributed by atoms with Gasteiger partial charge in [-0.1, -0.05) is 51.7 Å². The number of ether oxygens (including phenoxy) is 1. The zero-order chi connectivity index (χ0) is 18.0. The second-order valence-corrected chi connectivity index (χ2v) is 8.21. The first-order valence-electron chi connectivity index (χ1n) is 9.08. The summed E-state index contributed by atoms with van der Waals surface area (Å²) in [4.78, 5) is 0. The molecule has 0 aliphatic rings. The molecule has 0 spiro atoms. The van der Waals surface area contributed by atoms with E-state index in [1.54, 1.807) is 0 Å². The summed E-state index contributed by atoms with van der Waals surface area (Å²) in [5.74, 6) is 0.732. The maximum absolute atomic E-state index is 11.1. The van der Waals surface area contributed by atoms with E-state index in [1.807, 2.05) is 12.1 Å². The minimum Gasteiger partial charge on any atom is -0.748 e. The minimum absolute atomic E-state index is 0. The molecule has 25 heavy (non-hydrogen) atoms. The van der Waals surface area contributed by atoms with E-state index in [0.29, 0.717) is 0 Å². The van der Waals surface area contributed by atoms with E-state index in [4.69, 9.17) is 4.74 Å². The normalized spacial score (nSPS) is 12.5. The number of hydrogen-bond acceptors (Lipinski definition) is 4. The molecule has 6 heteroatoms. The van der Waals surface area contributed by atoms with Gasteiger partial charge in [0.15, 0.2) is 0 Å². The van der Waals surface area contributed by atoms with Crippen molar-refractivity contribution in [3.8, 4) is 5.75 Å². The first kappa shape index (κ1) is 24.9. The summed E-state index contributed by atoms with van der Waals surface area (Å²) >= 11 is 0. The predicted molar refractivity (Wildman–Crippen MR) is 97.6 cm³/mol. The number of aryl methyl sites for hydroxylation is 1. The van der Waals surface area contributed by atoms with Crippen LogP contribution in [0.5, 0.6) is 5.75 Å². The molecule has 0 amide bonds. The molecule has 1 rings (SSSR count). The zero-order valence-corrected chi connectivity index (χ0v) is 19.0. The predicted octanol–water partition coefficient (Wildman–Crippen LogP) is 1.47. The molecule has 138 valence electrons. The molecular weight excluding hydrogens is 347 g/mol. The summed E-state index contributed by atoms with van der Waals surface area (Å²) in [7, 11) is -4.31. The molecule has 0 saturated carbocycles. The van der Waals surface area contributed by atoms with Crippen LogP contribution >= 0.6 is 0 Å². The van der Waals surface area contributed by atoms with Crippen LogP contribution in [0.25, 0.3) is 0 Å². The van der Waals surface area contributed by atoms with Crippen molar-refractivity contribution in [3.63, 3.8) is 0 Å². The van der Waals surface area contributed by atoms with Crippen LogP contribution in [-0.2, 0) is 23.0 Å². The van der Waals surface area contributed by atoms with E-state index < -0.39 is 15.4 Å². The van der Waals surface area contributed by atoms with E-state index in [-0.39, 0.29) is 36.2 Å². The van der Waals surface area contributed by atoms with E-state index >= 15 is 0 Å². The van der Waals surface area contributed by atoms with Gasteiger partial charge in [-0.3, -0.25) is 0 Å². The monoisotopic (exact) mass is 378 g/mol. The van der Waals surface area contributed by atoms with Gasteiger partial charge in [-0.25, -0.2) is 8.42 Å². The van der Waals surface area contributed by atoms with Crippen molar-refractivity contribution in [1.82, 2.24) is 0 Å². The zero-order valence-electron chi connectivity index (χ0n) is 16.2. The first-order chi connectivity index (χ1) is 11.4.